The van der Waals surface area contributed by atoms with Crippen LogP contribution in [0.2, 0.25) is 0 Å². The van der Waals surface area contributed by atoms with E-state index in [-0.39, 0.29) is 11.7 Å². The minimum atomic E-state index is -0.224. The topological polar surface area (TPSA) is 81.1 Å². The molecule has 0 saturated carbocycles. The van der Waals surface area contributed by atoms with Gasteiger partial charge in [0.1, 0.15) is 0 Å². The van der Waals surface area contributed by atoms with Gasteiger partial charge in [0.2, 0.25) is 11.7 Å². The zero-order valence-electron chi connectivity index (χ0n) is 15.3. The van der Waals surface area contributed by atoms with Crippen LogP contribution in [0.25, 0.3) is 16.6 Å². The van der Waals surface area contributed by atoms with Crippen molar-refractivity contribution >= 4 is 33.7 Å². The number of carbonyl (C=O) groups excluding carboxylic acids is 1. The second kappa shape index (κ2) is 6.25. The van der Waals surface area contributed by atoms with Gasteiger partial charge >= 0.3 is 0 Å². The molecule has 4 rings (SSSR count). The smallest absolute Gasteiger partial charge is 0.210 e. The third-order valence-electron chi connectivity index (χ3n) is 4.96. The zero-order valence-corrected chi connectivity index (χ0v) is 16.1. The van der Waals surface area contributed by atoms with E-state index in [1.165, 1.54) is 11.3 Å². The maximum atomic E-state index is 13.1. The second-order valence-corrected chi connectivity index (χ2v) is 7.78. The number of nitrogens with two attached hydrogens (primary N) is 1. The Hall–Kier alpha value is -3.12. The summed E-state index contributed by atoms with van der Waals surface area (Å²) in [6, 6.07) is 11.2. The van der Waals surface area contributed by atoms with Crippen molar-refractivity contribution in [1.29, 1.82) is 0 Å². The number of para-hydroxylation sites is 1. The monoisotopic (exact) mass is 377 g/mol. The van der Waals surface area contributed by atoms with Gasteiger partial charge in [0.05, 0.1) is 26.7 Å². The molecule has 0 aliphatic carbocycles. The van der Waals surface area contributed by atoms with Crippen LogP contribution < -0.4 is 5.73 Å². The molecule has 3 N–H and O–H groups in total. The van der Waals surface area contributed by atoms with E-state index in [9.17, 15) is 9.90 Å². The van der Waals surface area contributed by atoms with Gasteiger partial charge in [0, 0.05) is 17.3 Å². The summed E-state index contributed by atoms with van der Waals surface area (Å²) in [7, 11) is 0. The molecule has 0 amide bonds. The first-order valence-electron chi connectivity index (χ1n) is 8.55. The molecule has 0 aliphatic rings. The van der Waals surface area contributed by atoms with Gasteiger partial charge in [-0.15, -0.1) is 11.3 Å². The molecule has 0 fully saturated rings. The van der Waals surface area contributed by atoms with E-state index in [4.69, 9.17) is 5.73 Å². The Kier molecular flexibility index (Phi) is 4.00. The number of rotatable bonds is 3. The van der Waals surface area contributed by atoms with Crippen molar-refractivity contribution in [3.05, 3.63) is 69.2 Å². The summed E-state index contributed by atoms with van der Waals surface area (Å²) in [6.07, 6.45) is 1.56. The first-order chi connectivity index (χ1) is 12.9. The number of aryl methyl sites for hydroxylation is 1. The normalized spacial score (nSPS) is 11.2. The van der Waals surface area contributed by atoms with Crippen LogP contribution in [0.5, 0.6) is 5.88 Å². The van der Waals surface area contributed by atoms with Gasteiger partial charge in [0.25, 0.3) is 0 Å². The fraction of sp³-hybridized carbons (Fsp3) is 0.143. The molecule has 0 radical (unpaired) electrons. The number of thiazole rings is 1. The molecule has 27 heavy (non-hydrogen) atoms. The molecule has 0 bridgehead atoms. The maximum absolute atomic E-state index is 13.1. The van der Waals surface area contributed by atoms with Crippen LogP contribution in [0.15, 0.2) is 42.6 Å². The van der Waals surface area contributed by atoms with Crippen molar-refractivity contribution < 1.29 is 9.90 Å². The van der Waals surface area contributed by atoms with Gasteiger partial charge in [0.15, 0.2) is 0 Å². The predicted octanol–water partition coefficient (Wildman–Crippen LogP) is 4.53. The Morgan fingerprint density at radius 2 is 1.85 bits per heavy atom. The van der Waals surface area contributed by atoms with E-state index in [0.717, 1.165) is 27.3 Å². The lowest BCUT2D eigenvalue weighted by Crippen LogP contribution is -2.02. The zero-order chi connectivity index (χ0) is 19.3. The summed E-state index contributed by atoms with van der Waals surface area (Å²) >= 11 is 1.32. The fourth-order valence-electron chi connectivity index (χ4n) is 3.35. The summed E-state index contributed by atoms with van der Waals surface area (Å²) in [5.74, 6) is -0.294. The summed E-state index contributed by atoms with van der Waals surface area (Å²) in [4.78, 5) is 17.8. The van der Waals surface area contributed by atoms with Crippen molar-refractivity contribution in [2.45, 2.75) is 20.8 Å². The molecule has 0 aliphatic heterocycles. The van der Waals surface area contributed by atoms with E-state index in [0.29, 0.717) is 21.5 Å². The molecule has 2 aromatic carbocycles. The van der Waals surface area contributed by atoms with Crippen LogP contribution in [0.3, 0.4) is 0 Å². The van der Waals surface area contributed by atoms with Crippen LogP contribution in [0.1, 0.15) is 31.4 Å². The molecule has 5 nitrogen and oxygen atoms in total. The Bertz CT molecular complexity index is 1200. The highest BCUT2D eigenvalue weighted by molar-refractivity contribution is 7.13. The van der Waals surface area contributed by atoms with Gasteiger partial charge in [-0.3, -0.25) is 9.36 Å². The lowest BCUT2D eigenvalue weighted by molar-refractivity contribution is 0.104. The Morgan fingerprint density at radius 3 is 2.56 bits per heavy atom. The maximum Gasteiger partial charge on any atom is 0.210 e. The molecule has 6 heteroatoms. The minimum Gasteiger partial charge on any atom is -0.494 e. The molecular formula is C21H19N3O2S. The summed E-state index contributed by atoms with van der Waals surface area (Å²) < 4.78 is 1.72. The second-order valence-electron chi connectivity index (χ2n) is 6.55. The molecule has 4 aromatic rings. The molecular weight excluding hydrogens is 358 g/mol. The van der Waals surface area contributed by atoms with E-state index >= 15 is 0 Å². The predicted molar refractivity (Wildman–Crippen MR) is 109 cm³/mol. The molecule has 2 aromatic heterocycles. The number of fused-ring (bicyclic) bond motifs is 1. The standard InChI is InChI=1S/C21H19N3O2S/c1-11-12(2)16(9-8-15(11)22)24-17-7-5-4-6-14(17)19(21(24)26)20(25)18-10-23-13(3)27-18/h4-10,26H,22H2,1-3H3. The Morgan fingerprint density at radius 1 is 1.11 bits per heavy atom. The van der Waals surface area contributed by atoms with Crippen molar-refractivity contribution in [1.82, 2.24) is 9.55 Å². The van der Waals surface area contributed by atoms with Gasteiger partial charge < -0.3 is 10.8 Å². The van der Waals surface area contributed by atoms with Crippen LogP contribution in [0.4, 0.5) is 5.69 Å². The highest BCUT2D eigenvalue weighted by Crippen LogP contribution is 2.38. The Labute approximate surface area is 160 Å². The highest BCUT2D eigenvalue weighted by Gasteiger charge is 2.26. The summed E-state index contributed by atoms with van der Waals surface area (Å²) in [5, 5.41) is 12.6. The minimum absolute atomic E-state index is 0.0699. The van der Waals surface area contributed by atoms with Crippen molar-refractivity contribution in [2.75, 3.05) is 5.73 Å². The fourth-order valence-corrected chi connectivity index (χ4v) is 4.08. The number of ketones is 1. The number of aromatic hydroxyl groups is 1. The number of anilines is 1. The first-order valence-corrected chi connectivity index (χ1v) is 9.37. The van der Waals surface area contributed by atoms with Crippen molar-refractivity contribution in [3.63, 3.8) is 0 Å². The number of carbonyl (C=O) groups is 1. The number of benzene rings is 2. The first kappa shape index (κ1) is 17.3. The largest absolute Gasteiger partial charge is 0.494 e. The number of aromatic nitrogens is 2. The number of nitrogens with zero attached hydrogens (tertiary/aromatic N) is 2. The summed E-state index contributed by atoms with van der Waals surface area (Å²) in [6.45, 7) is 5.76. The van der Waals surface area contributed by atoms with Crippen LogP contribution in [-0.2, 0) is 0 Å². The van der Waals surface area contributed by atoms with E-state index in [1.807, 2.05) is 57.2 Å². The van der Waals surface area contributed by atoms with Crippen molar-refractivity contribution in [3.8, 4) is 11.6 Å². The quantitative estimate of drug-likeness (QED) is 0.406. The third kappa shape index (κ3) is 2.61. The molecule has 0 saturated heterocycles. The number of hydrogen-bond acceptors (Lipinski definition) is 5. The van der Waals surface area contributed by atoms with E-state index < -0.39 is 0 Å². The average Bonchev–Trinajstić information content (AvgIpc) is 3.21. The molecule has 0 unspecified atom stereocenters. The molecule has 2 heterocycles. The SMILES string of the molecule is Cc1ncc(C(=O)c2c(O)n(-c3ccc(N)c(C)c3C)c3ccccc23)s1. The molecule has 0 atom stereocenters. The van der Waals surface area contributed by atoms with Gasteiger partial charge in [-0.05, 0) is 50.1 Å². The van der Waals surface area contributed by atoms with Crippen LogP contribution in [0, 0.1) is 20.8 Å². The van der Waals surface area contributed by atoms with E-state index in [1.54, 1.807) is 10.8 Å². The average molecular weight is 377 g/mol. The van der Waals surface area contributed by atoms with Gasteiger partial charge in [-0.1, -0.05) is 18.2 Å². The lowest BCUT2D eigenvalue weighted by Gasteiger charge is -2.14. The Balaban J connectivity index is 2.03. The molecule has 0 spiro atoms. The van der Waals surface area contributed by atoms with Gasteiger partial charge in [-0.2, -0.15) is 0 Å². The number of hydrogen-bond donors (Lipinski definition) is 2. The molecule has 136 valence electrons. The highest BCUT2D eigenvalue weighted by atomic mass is 32.1. The lowest BCUT2D eigenvalue weighted by atomic mass is 10.1. The van der Waals surface area contributed by atoms with Crippen molar-refractivity contribution in [2.24, 2.45) is 0 Å². The third-order valence-corrected chi connectivity index (χ3v) is 5.87. The van der Waals surface area contributed by atoms with Crippen LogP contribution in [-0.4, -0.2) is 20.4 Å². The summed E-state index contributed by atoms with van der Waals surface area (Å²) in [5.41, 5.74) is 10.5. The van der Waals surface area contributed by atoms with E-state index in [2.05, 4.69) is 4.98 Å². The van der Waals surface area contributed by atoms with Gasteiger partial charge in [-0.25, -0.2) is 4.98 Å². The van der Waals surface area contributed by atoms with Crippen LogP contribution >= 0.6 is 11.3 Å². The number of nitrogen functional groups attached to an aromatic ring is 1.